The summed E-state index contributed by atoms with van der Waals surface area (Å²) < 4.78 is 3.52. The lowest BCUT2D eigenvalue weighted by atomic mass is 10.2. The molecule has 0 saturated heterocycles. The van der Waals surface area contributed by atoms with Crippen LogP contribution >= 0.6 is 23.1 Å². The summed E-state index contributed by atoms with van der Waals surface area (Å²) in [7, 11) is 0. The van der Waals surface area contributed by atoms with Crippen LogP contribution < -0.4 is 11.1 Å². The van der Waals surface area contributed by atoms with Crippen LogP contribution in [0.2, 0.25) is 5.02 Å². The largest absolute Gasteiger partial charge is 0.398 e. The molecule has 1 amide bonds. The molecule has 0 unspecified atom stereocenters. The topological polar surface area (TPSA) is 93.8 Å². The first-order valence-electron chi connectivity index (χ1n) is 4.19. The Hall–Kier alpha value is -1.73. The van der Waals surface area contributed by atoms with Crippen LogP contribution in [0.15, 0.2) is 18.2 Å². The summed E-state index contributed by atoms with van der Waals surface area (Å²) in [6.07, 6.45) is 0. The first kappa shape index (κ1) is 10.8. The molecule has 0 aliphatic heterocycles. The number of rotatable bonds is 2. The summed E-state index contributed by atoms with van der Waals surface area (Å²) in [5.41, 5.74) is 6.22. The molecule has 0 aliphatic rings. The Bertz CT molecular complexity index is 515. The lowest BCUT2D eigenvalue weighted by molar-refractivity contribution is 0.102. The zero-order valence-corrected chi connectivity index (χ0v) is 9.42. The Morgan fingerprint density at radius 2 is 2.31 bits per heavy atom. The molecular weight excluding hydrogens is 250 g/mol. The van der Waals surface area contributed by atoms with E-state index < -0.39 is 5.91 Å². The third kappa shape index (κ3) is 2.10. The Labute approximate surface area is 99.6 Å². The highest BCUT2D eigenvalue weighted by atomic mass is 35.5. The molecule has 8 heteroatoms. The van der Waals surface area contributed by atoms with Crippen molar-refractivity contribution in [1.82, 2.24) is 14.8 Å². The number of nitrogens with zero attached hydrogens (tertiary/aromatic N) is 3. The SMILES string of the molecule is Nc1cccc(C(=O)Nc2nnns2)c1Cl. The minimum absolute atomic E-state index is 0.220. The number of amides is 1. The van der Waals surface area contributed by atoms with Gasteiger partial charge in [-0.2, -0.15) is 0 Å². The zero-order chi connectivity index (χ0) is 11.5. The van der Waals surface area contributed by atoms with Gasteiger partial charge in [0.1, 0.15) is 0 Å². The summed E-state index contributed by atoms with van der Waals surface area (Å²) in [5.74, 6) is -0.393. The maximum absolute atomic E-state index is 11.7. The number of anilines is 2. The van der Waals surface area contributed by atoms with Crippen LogP contribution in [0.1, 0.15) is 10.4 Å². The Kier molecular flexibility index (Phi) is 2.97. The summed E-state index contributed by atoms with van der Waals surface area (Å²) in [4.78, 5) is 11.7. The average Bonchev–Trinajstić information content (AvgIpc) is 2.74. The van der Waals surface area contributed by atoms with Crippen molar-refractivity contribution < 1.29 is 4.79 Å². The summed E-state index contributed by atoms with van der Waals surface area (Å²) in [5, 5.41) is 9.98. The number of hydrogen-bond acceptors (Lipinski definition) is 6. The van der Waals surface area contributed by atoms with Gasteiger partial charge < -0.3 is 5.73 Å². The van der Waals surface area contributed by atoms with Gasteiger partial charge in [-0.3, -0.25) is 10.1 Å². The van der Waals surface area contributed by atoms with Crippen LogP contribution in [-0.4, -0.2) is 20.7 Å². The Morgan fingerprint density at radius 3 is 3.00 bits per heavy atom. The lowest BCUT2D eigenvalue weighted by Gasteiger charge is -2.04. The molecule has 2 rings (SSSR count). The fraction of sp³-hybridized carbons (Fsp3) is 0. The normalized spacial score (nSPS) is 10.1. The van der Waals surface area contributed by atoms with E-state index in [-0.39, 0.29) is 10.6 Å². The average molecular weight is 256 g/mol. The number of aromatic nitrogens is 3. The van der Waals surface area contributed by atoms with Crippen LogP contribution in [-0.2, 0) is 0 Å². The molecule has 3 N–H and O–H groups in total. The molecule has 0 saturated carbocycles. The summed E-state index contributed by atoms with van der Waals surface area (Å²) >= 11 is 6.87. The van der Waals surface area contributed by atoms with Crippen molar-refractivity contribution in [2.75, 3.05) is 11.1 Å². The van der Waals surface area contributed by atoms with E-state index in [1.54, 1.807) is 18.2 Å². The van der Waals surface area contributed by atoms with Crippen LogP contribution in [0.5, 0.6) is 0 Å². The van der Waals surface area contributed by atoms with Gasteiger partial charge in [0, 0.05) is 11.5 Å². The van der Waals surface area contributed by atoms with Gasteiger partial charge in [-0.25, -0.2) is 0 Å². The number of halogens is 1. The smallest absolute Gasteiger partial charge is 0.259 e. The molecular formula is C8H6ClN5OS. The number of nitrogens with one attached hydrogen (secondary N) is 1. The number of nitrogen functional groups attached to an aromatic ring is 1. The van der Waals surface area contributed by atoms with Gasteiger partial charge in [0.25, 0.3) is 5.91 Å². The van der Waals surface area contributed by atoms with E-state index in [0.717, 1.165) is 11.5 Å². The number of nitrogens with two attached hydrogens (primary N) is 1. The van der Waals surface area contributed by atoms with Gasteiger partial charge in [0.05, 0.1) is 16.3 Å². The fourth-order valence-corrected chi connectivity index (χ4v) is 1.65. The second-order valence-corrected chi connectivity index (χ2v) is 3.94. The van der Waals surface area contributed by atoms with Crippen molar-refractivity contribution in [2.45, 2.75) is 0 Å². The molecule has 6 nitrogen and oxygen atoms in total. The predicted molar refractivity (Wildman–Crippen MR) is 61.5 cm³/mol. The van der Waals surface area contributed by atoms with E-state index in [1.807, 2.05) is 0 Å². The number of carbonyl (C=O) groups excluding carboxylic acids is 1. The minimum atomic E-state index is -0.393. The van der Waals surface area contributed by atoms with Crippen LogP contribution in [0.3, 0.4) is 0 Å². The first-order valence-corrected chi connectivity index (χ1v) is 5.34. The van der Waals surface area contributed by atoms with E-state index in [1.165, 1.54) is 0 Å². The molecule has 1 aromatic heterocycles. The monoisotopic (exact) mass is 255 g/mol. The van der Waals surface area contributed by atoms with E-state index in [2.05, 4.69) is 20.1 Å². The number of benzene rings is 1. The predicted octanol–water partition coefficient (Wildman–Crippen LogP) is 1.42. The van der Waals surface area contributed by atoms with Crippen LogP contribution in [0.25, 0.3) is 0 Å². The molecule has 0 radical (unpaired) electrons. The van der Waals surface area contributed by atoms with Crippen LogP contribution in [0, 0.1) is 0 Å². The van der Waals surface area contributed by atoms with Gasteiger partial charge >= 0.3 is 0 Å². The van der Waals surface area contributed by atoms with Crippen molar-refractivity contribution in [1.29, 1.82) is 0 Å². The number of carbonyl (C=O) groups is 1. The van der Waals surface area contributed by atoms with E-state index in [9.17, 15) is 4.79 Å². The molecule has 16 heavy (non-hydrogen) atoms. The standard InChI is InChI=1S/C8H6ClN5OS/c9-6-4(2-1-3-5(6)10)7(15)11-8-12-13-14-16-8/h1-3H,10H2,(H,11,12,14,15). The molecule has 2 aromatic rings. The molecule has 0 atom stereocenters. The van der Waals surface area contributed by atoms with E-state index in [4.69, 9.17) is 17.3 Å². The van der Waals surface area contributed by atoms with Gasteiger partial charge in [-0.1, -0.05) is 27.3 Å². The fourth-order valence-electron chi connectivity index (χ4n) is 1.07. The van der Waals surface area contributed by atoms with Gasteiger partial charge in [0.15, 0.2) is 0 Å². The minimum Gasteiger partial charge on any atom is -0.398 e. The second-order valence-electron chi connectivity index (χ2n) is 2.83. The third-order valence-corrected chi connectivity index (χ3v) is 2.73. The quantitative estimate of drug-likeness (QED) is 0.792. The number of hydrogen-bond donors (Lipinski definition) is 2. The third-order valence-electron chi connectivity index (χ3n) is 1.79. The van der Waals surface area contributed by atoms with Gasteiger partial charge in [0.2, 0.25) is 5.13 Å². The molecule has 1 aromatic carbocycles. The second kappa shape index (κ2) is 4.42. The van der Waals surface area contributed by atoms with Crippen molar-refractivity contribution in [3.8, 4) is 0 Å². The van der Waals surface area contributed by atoms with E-state index >= 15 is 0 Å². The summed E-state index contributed by atoms with van der Waals surface area (Å²) in [6, 6.07) is 4.84. The molecule has 82 valence electrons. The molecule has 0 fully saturated rings. The van der Waals surface area contributed by atoms with Gasteiger partial charge in [-0.15, -0.1) is 0 Å². The lowest BCUT2D eigenvalue weighted by Crippen LogP contribution is -2.12. The van der Waals surface area contributed by atoms with Crippen LogP contribution in [0.4, 0.5) is 10.8 Å². The van der Waals surface area contributed by atoms with Crippen molar-refractivity contribution >= 4 is 39.9 Å². The van der Waals surface area contributed by atoms with Crippen molar-refractivity contribution in [3.05, 3.63) is 28.8 Å². The van der Waals surface area contributed by atoms with Gasteiger partial charge in [-0.05, 0) is 17.3 Å². The molecule has 1 heterocycles. The summed E-state index contributed by atoms with van der Waals surface area (Å²) in [6.45, 7) is 0. The highest BCUT2D eigenvalue weighted by Crippen LogP contribution is 2.23. The van der Waals surface area contributed by atoms with Crippen molar-refractivity contribution in [2.24, 2.45) is 0 Å². The highest BCUT2D eigenvalue weighted by molar-refractivity contribution is 7.09. The highest BCUT2D eigenvalue weighted by Gasteiger charge is 2.13. The van der Waals surface area contributed by atoms with E-state index in [0.29, 0.717) is 10.8 Å². The molecule has 0 spiro atoms. The van der Waals surface area contributed by atoms with Crippen molar-refractivity contribution in [3.63, 3.8) is 0 Å². The molecule has 0 aliphatic carbocycles. The first-order chi connectivity index (χ1) is 7.68. The Balaban J connectivity index is 2.24. The Morgan fingerprint density at radius 1 is 1.50 bits per heavy atom. The maximum atomic E-state index is 11.7. The maximum Gasteiger partial charge on any atom is 0.259 e. The molecule has 0 bridgehead atoms. The zero-order valence-electron chi connectivity index (χ0n) is 7.85.